The number of rotatable bonds is 4. The molecule has 2 unspecified atom stereocenters. The van der Waals surface area contributed by atoms with Gasteiger partial charge in [0.05, 0.1) is 18.4 Å². The van der Waals surface area contributed by atoms with Gasteiger partial charge in [-0.25, -0.2) is 0 Å². The fourth-order valence-corrected chi connectivity index (χ4v) is 5.84. The number of amides is 1. The van der Waals surface area contributed by atoms with E-state index in [-0.39, 0.29) is 18.7 Å². The fraction of sp³-hybridized carbons (Fsp3) is 0.267. The average molecular weight is 509 g/mol. The number of aromatic nitrogens is 1. The predicted octanol–water partition coefficient (Wildman–Crippen LogP) is 3.47. The van der Waals surface area contributed by atoms with Crippen molar-refractivity contribution in [2.45, 2.75) is 18.1 Å². The van der Waals surface area contributed by atoms with E-state index in [1.807, 2.05) is 67.7 Å². The summed E-state index contributed by atoms with van der Waals surface area (Å²) in [4.78, 5) is 23.0. The first-order valence-electron chi connectivity index (χ1n) is 12.8. The third-order valence-electron chi connectivity index (χ3n) is 7.70. The zero-order valence-electron chi connectivity index (χ0n) is 21.3. The van der Waals surface area contributed by atoms with Crippen LogP contribution in [0.25, 0.3) is 5.57 Å². The molecule has 5 heterocycles. The third-order valence-corrected chi connectivity index (χ3v) is 7.70. The van der Waals surface area contributed by atoms with Crippen LogP contribution in [-0.2, 0) is 16.8 Å². The summed E-state index contributed by atoms with van der Waals surface area (Å²) in [5.74, 6) is 1.91. The summed E-state index contributed by atoms with van der Waals surface area (Å²) in [5.41, 5.74) is 4.43. The number of nitrogens with zero attached hydrogens (tertiary/aromatic N) is 3. The Morgan fingerprint density at radius 1 is 1.05 bits per heavy atom. The Hall–Kier alpha value is -4.30. The summed E-state index contributed by atoms with van der Waals surface area (Å²) >= 11 is 0. The van der Waals surface area contributed by atoms with E-state index in [4.69, 9.17) is 14.2 Å². The second-order valence-corrected chi connectivity index (χ2v) is 10.1. The maximum Gasteiger partial charge on any atom is 0.246 e. The number of benzene rings is 2. The van der Waals surface area contributed by atoms with Gasteiger partial charge in [-0.2, -0.15) is 0 Å². The highest BCUT2D eigenvalue weighted by Crippen LogP contribution is 2.56. The number of hydrogen-bond acceptors (Lipinski definition) is 7. The number of anilines is 1. The second-order valence-electron chi connectivity index (χ2n) is 10.1. The molecule has 2 atom stereocenters. The molecule has 0 aliphatic carbocycles. The van der Waals surface area contributed by atoms with Gasteiger partial charge in [0.1, 0.15) is 31.0 Å². The molecular formula is C30H28N4O4. The second kappa shape index (κ2) is 8.63. The molecule has 192 valence electrons. The minimum atomic E-state index is -1.01. The molecule has 4 aliphatic heterocycles. The Labute approximate surface area is 221 Å². The lowest BCUT2D eigenvalue weighted by Gasteiger charge is -2.28. The van der Waals surface area contributed by atoms with Crippen molar-refractivity contribution >= 4 is 17.2 Å². The summed E-state index contributed by atoms with van der Waals surface area (Å²) in [6.07, 6.45) is 8.14. The number of ether oxygens (including phenoxy) is 3. The van der Waals surface area contributed by atoms with Crippen molar-refractivity contribution in [3.63, 3.8) is 0 Å². The molecule has 7 rings (SSSR count). The first-order chi connectivity index (χ1) is 18.6. The molecule has 0 bridgehead atoms. The summed E-state index contributed by atoms with van der Waals surface area (Å²) in [5, 5.41) is 3.46. The van der Waals surface area contributed by atoms with Gasteiger partial charge < -0.3 is 24.4 Å². The molecule has 2 aromatic carbocycles. The number of allylic oxidation sites excluding steroid dienone is 2. The zero-order valence-corrected chi connectivity index (χ0v) is 21.3. The Bertz CT molecular complexity index is 1500. The van der Waals surface area contributed by atoms with Crippen molar-refractivity contribution in [2.24, 2.45) is 0 Å². The van der Waals surface area contributed by atoms with Gasteiger partial charge >= 0.3 is 0 Å². The Morgan fingerprint density at radius 3 is 2.63 bits per heavy atom. The molecule has 4 aliphatic rings. The molecule has 8 heteroatoms. The van der Waals surface area contributed by atoms with Gasteiger partial charge in [0.15, 0.2) is 11.5 Å². The van der Waals surface area contributed by atoms with E-state index in [0.29, 0.717) is 37.0 Å². The van der Waals surface area contributed by atoms with Gasteiger partial charge in [-0.1, -0.05) is 24.3 Å². The predicted molar refractivity (Wildman–Crippen MR) is 143 cm³/mol. The smallest absolute Gasteiger partial charge is 0.246 e. The van der Waals surface area contributed by atoms with Crippen molar-refractivity contribution in [3.8, 4) is 17.2 Å². The molecule has 8 nitrogen and oxygen atoms in total. The van der Waals surface area contributed by atoms with E-state index >= 15 is 0 Å². The lowest BCUT2D eigenvalue weighted by Crippen LogP contribution is -2.42. The van der Waals surface area contributed by atoms with Gasteiger partial charge in [0, 0.05) is 35.3 Å². The number of nitrogens with one attached hydrogen (secondary N) is 1. The molecule has 1 N–H and O–H groups in total. The molecule has 0 saturated carbocycles. The number of dihydropyridines is 1. The van der Waals surface area contributed by atoms with Crippen LogP contribution < -0.4 is 24.4 Å². The van der Waals surface area contributed by atoms with Crippen molar-refractivity contribution in [1.82, 2.24) is 15.2 Å². The molecular weight excluding hydrogens is 480 g/mol. The minimum Gasteiger partial charge on any atom is -0.491 e. The van der Waals surface area contributed by atoms with Gasteiger partial charge in [0.25, 0.3) is 0 Å². The van der Waals surface area contributed by atoms with E-state index < -0.39 is 5.41 Å². The summed E-state index contributed by atoms with van der Waals surface area (Å²) in [6.45, 7) is 1.53. The van der Waals surface area contributed by atoms with Crippen molar-refractivity contribution in [2.75, 3.05) is 38.8 Å². The summed E-state index contributed by atoms with van der Waals surface area (Å²) in [7, 11) is 4.06. The van der Waals surface area contributed by atoms with Crippen molar-refractivity contribution in [1.29, 1.82) is 0 Å². The summed E-state index contributed by atoms with van der Waals surface area (Å²) < 4.78 is 18.0. The monoisotopic (exact) mass is 508 g/mol. The molecule has 1 aromatic heterocycles. The topological polar surface area (TPSA) is 76.2 Å². The van der Waals surface area contributed by atoms with Gasteiger partial charge in [0.2, 0.25) is 5.91 Å². The Morgan fingerprint density at radius 2 is 1.89 bits per heavy atom. The van der Waals surface area contributed by atoms with Crippen LogP contribution >= 0.6 is 0 Å². The van der Waals surface area contributed by atoms with Crippen LogP contribution in [0.2, 0.25) is 0 Å². The standard InChI is InChI=1S/C30H28N4O4/c1-33(2)27-10-9-19(16-32-27)21-7-5-8-23-28(21)30(29(35)34(23)17-20-6-3-4-11-31-20)18-38-24-15-26-25(14-22(24)30)36-12-13-37-26/h3-11,14-16,27,32H,12-13,17-18H2,1-2H3. The molecule has 0 fully saturated rings. The van der Waals surface area contributed by atoms with E-state index in [1.54, 1.807) is 6.20 Å². The van der Waals surface area contributed by atoms with Crippen LogP contribution in [0.4, 0.5) is 5.69 Å². The quantitative estimate of drug-likeness (QED) is 0.579. The number of hydrogen-bond donors (Lipinski definition) is 1. The highest BCUT2D eigenvalue weighted by Gasteiger charge is 2.58. The van der Waals surface area contributed by atoms with E-state index in [1.165, 1.54) is 0 Å². The maximum atomic E-state index is 14.6. The van der Waals surface area contributed by atoms with Crippen molar-refractivity contribution < 1.29 is 19.0 Å². The highest BCUT2D eigenvalue weighted by molar-refractivity contribution is 6.13. The largest absolute Gasteiger partial charge is 0.491 e. The van der Waals surface area contributed by atoms with Crippen LogP contribution in [0.3, 0.4) is 0 Å². The first kappa shape index (κ1) is 22.9. The number of likely N-dealkylation sites (N-methyl/N-ethyl adjacent to an activating group) is 1. The van der Waals surface area contributed by atoms with E-state index in [9.17, 15) is 4.79 Å². The Balaban J connectivity index is 1.42. The molecule has 38 heavy (non-hydrogen) atoms. The van der Waals surface area contributed by atoms with Gasteiger partial charge in [-0.15, -0.1) is 0 Å². The maximum absolute atomic E-state index is 14.6. The first-order valence-corrected chi connectivity index (χ1v) is 12.8. The normalized spacial score (nSPS) is 22.7. The van der Waals surface area contributed by atoms with Gasteiger partial charge in [-0.3, -0.25) is 14.7 Å². The zero-order chi connectivity index (χ0) is 25.9. The van der Waals surface area contributed by atoms with Crippen LogP contribution in [0, 0.1) is 0 Å². The van der Waals surface area contributed by atoms with Crippen LogP contribution in [0.1, 0.15) is 22.4 Å². The number of fused-ring (bicyclic) bond motifs is 5. The molecule has 1 spiro atoms. The Kier molecular flexibility index (Phi) is 5.19. The third kappa shape index (κ3) is 3.33. The number of pyridine rings is 1. The fourth-order valence-electron chi connectivity index (χ4n) is 5.84. The molecule has 0 radical (unpaired) electrons. The lowest BCUT2D eigenvalue weighted by molar-refractivity contribution is -0.122. The SMILES string of the molecule is CN(C)C1C=CC(c2cccc3c2C2(COc4cc5c(cc42)OCCO5)C(=O)N3Cc2ccccn2)=CN1. The number of carbonyl (C=O) groups excluding carboxylic acids is 1. The highest BCUT2D eigenvalue weighted by atomic mass is 16.6. The molecule has 3 aromatic rings. The van der Waals surface area contributed by atoms with Crippen LogP contribution in [0.5, 0.6) is 17.2 Å². The average Bonchev–Trinajstić information content (AvgIpc) is 3.44. The van der Waals surface area contributed by atoms with Gasteiger partial charge in [-0.05, 0) is 55.6 Å². The molecule has 0 saturated heterocycles. The van der Waals surface area contributed by atoms with Crippen LogP contribution in [0.15, 0.2) is 73.1 Å². The summed E-state index contributed by atoms with van der Waals surface area (Å²) in [6, 6.07) is 15.7. The minimum absolute atomic E-state index is 0.0273. The lowest BCUT2D eigenvalue weighted by atomic mass is 9.74. The van der Waals surface area contributed by atoms with E-state index in [0.717, 1.165) is 33.6 Å². The van der Waals surface area contributed by atoms with Crippen molar-refractivity contribution in [3.05, 3.63) is 95.5 Å². The van der Waals surface area contributed by atoms with E-state index in [2.05, 4.69) is 33.4 Å². The van der Waals surface area contributed by atoms with Crippen LogP contribution in [-0.4, -0.2) is 55.9 Å². The molecule has 1 amide bonds. The number of carbonyl (C=O) groups is 1.